The molecule has 0 fully saturated rings. The molecule has 0 aliphatic rings. The fourth-order valence-corrected chi connectivity index (χ4v) is 1.48. The Morgan fingerprint density at radius 2 is 2.15 bits per heavy atom. The molecule has 0 aliphatic heterocycles. The molecule has 1 unspecified atom stereocenters. The van der Waals surface area contributed by atoms with Crippen LogP contribution in [0.15, 0.2) is 18.2 Å². The van der Waals surface area contributed by atoms with Crippen molar-refractivity contribution in [1.29, 1.82) is 0 Å². The maximum absolute atomic E-state index is 9.21. The van der Waals surface area contributed by atoms with Gasteiger partial charge in [0, 0.05) is 0 Å². The van der Waals surface area contributed by atoms with Crippen LogP contribution >= 0.6 is 12.6 Å². The van der Waals surface area contributed by atoms with Crippen molar-refractivity contribution in [1.82, 2.24) is 0 Å². The van der Waals surface area contributed by atoms with Gasteiger partial charge in [-0.25, -0.2) is 0 Å². The number of phenolic OH excluding ortho intramolecular Hbond substituents is 1. The van der Waals surface area contributed by atoms with Crippen molar-refractivity contribution in [3.05, 3.63) is 29.3 Å². The predicted molar refractivity (Wildman–Crippen MR) is 59.6 cm³/mol. The summed E-state index contributed by atoms with van der Waals surface area (Å²) in [5.41, 5.74) is 2.47. The van der Waals surface area contributed by atoms with Gasteiger partial charge in [0.05, 0.1) is 0 Å². The lowest BCUT2D eigenvalue weighted by atomic mass is 9.98. The van der Waals surface area contributed by atoms with Crippen LogP contribution in [-0.2, 0) is 6.42 Å². The molecular weight excluding hydrogens is 180 g/mol. The molecule has 72 valence electrons. The zero-order chi connectivity index (χ0) is 9.84. The van der Waals surface area contributed by atoms with Gasteiger partial charge in [0.2, 0.25) is 0 Å². The number of rotatable bonds is 3. The highest BCUT2D eigenvalue weighted by Crippen LogP contribution is 2.18. The molecule has 0 bridgehead atoms. The molecule has 2 heteroatoms. The molecule has 1 aromatic rings. The summed E-state index contributed by atoms with van der Waals surface area (Å²) < 4.78 is 0. The van der Waals surface area contributed by atoms with Crippen LogP contribution in [-0.4, -0.2) is 10.9 Å². The van der Waals surface area contributed by atoms with E-state index < -0.39 is 0 Å². The van der Waals surface area contributed by atoms with Gasteiger partial charge in [-0.15, -0.1) is 0 Å². The van der Waals surface area contributed by atoms with Gasteiger partial charge in [0.15, 0.2) is 0 Å². The summed E-state index contributed by atoms with van der Waals surface area (Å²) in [5, 5.41) is 9.21. The first-order valence-corrected chi connectivity index (χ1v) is 5.16. The zero-order valence-electron chi connectivity index (χ0n) is 8.12. The van der Waals surface area contributed by atoms with Crippen LogP contribution in [0.3, 0.4) is 0 Å². The summed E-state index contributed by atoms with van der Waals surface area (Å²) in [5.74, 6) is 1.84. The van der Waals surface area contributed by atoms with Gasteiger partial charge >= 0.3 is 0 Å². The smallest absolute Gasteiger partial charge is 0.115 e. The van der Waals surface area contributed by atoms with E-state index in [0.717, 1.165) is 17.7 Å². The third-order valence-electron chi connectivity index (χ3n) is 2.21. The number of aryl methyl sites for hydroxylation is 1. The molecular formula is C11H16OS. The van der Waals surface area contributed by atoms with Crippen molar-refractivity contribution in [2.24, 2.45) is 5.92 Å². The van der Waals surface area contributed by atoms with Crippen molar-refractivity contribution in [3.8, 4) is 5.75 Å². The monoisotopic (exact) mass is 196 g/mol. The summed E-state index contributed by atoms with van der Waals surface area (Å²) in [6.07, 6.45) is 1.04. The molecule has 0 saturated carbocycles. The van der Waals surface area contributed by atoms with Gasteiger partial charge in [0.25, 0.3) is 0 Å². The minimum absolute atomic E-state index is 0.347. The zero-order valence-corrected chi connectivity index (χ0v) is 9.01. The Hall–Kier alpha value is -0.630. The van der Waals surface area contributed by atoms with Crippen molar-refractivity contribution in [2.75, 3.05) is 5.75 Å². The number of hydrogen-bond acceptors (Lipinski definition) is 2. The molecule has 1 rings (SSSR count). The van der Waals surface area contributed by atoms with Crippen LogP contribution in [0, 0.1) is 12.8 Å². The van der Waals surface area contributed by atoms with Gasteiger partial charge in [0.1, 0.15) is 5.75 Å². The third kappa shape index (κ3) is 2.96. The van der Waals surface area contributed by atoms with Crippen LogP contribution < -0.4 is 0 Å². The highest BCUT2D eigenvalue weighted by molar-refractivity contribution is 7.80. The summed E-state index contributed by atoms with van der Waals surface area (Å²) >= 11 is 4.25. The Kier molecular flexibility index (Phi) is 3.67. The standard InChI is InChI=1S/C11H16OS/c1-8(7-13)5-10-3-4-11(12)6-9(10)2/h3-4,6,8,12-13H,5,7H2,1-2H3. The van der Waals surface area contributed by atoms with Crippen molar-refractivity contribution in [3.63, 3.8) is 0 Å². The summed E-state index contributed by atoms with van der Waals surface area (Å²) in [7, 11) is 0. The summed E-state index contributed by atoms with van der Waals surface area (Å²) in [6.45, 7) is 4.21. The maximum Gasteiger partial charge on any atom is 0.115 e. The number of thiol groups is 1. The molecule has 1 nitrogen and oxygen atoms in total. The Labute approximate surface area is 85.2 Å². The van der Waals surface area contributed by atoms with E-state index in [1.807, 2.05) is 13.0 Å². The Morgan fingerprint density at radius 1 is 1.46 bits per heavy atom. The Morgan fingerprint density at radius 3 is 2.69 bits per heavy atom. The van der Waals surface area contributed by atoms with Gasteiger partial charge in [-0.2, -0.15) is 12.6 Å². The fraction of sp³-hybridized carbons (Fsp3) is 0.455. The van der Waals surface area contributed by atoms with E-state index in [1.165, 1.54) is 5.56 Å². The van der Waals surface area contributed by atoms with Crippen LogP contribution in [0.2, 0.25) is 0 Å². The second-order valence-electron chi connectivity index (χ2n) is 3.60. The Bertz CT molecular complexity index is 283. The topological polar surface area (TPSA) is 20.2 Å². The van der Waals surface area contributed by atoms with Gasteiger partial charge < -0.3 is 5.11 Å². The van der Waals surface area contributed by atoms with Gasteiger partial charge in [-0.1, -0.05) is 13.0 Å². The first-order chi connectivity index (χ1) is 6.13. The minimum Gasteiger partial charge on any atom is -0.508 e. The second kappa shape index (κ2) is 4.56. The van der Waals surface area contributed by atoms with E-state index in [9.17, 15) is 5.11 Å². The minimum atomic E-state index is 0.347. The average Bonchev–Trinajstić information content (AvgIpc) is 2.09. The van der Waals surface area contributed by atoms with E-state index in [2.05, 4.69) is 19.6 Å². The quantitative estimate of drug-likeness (QED) is 0.712. The van der Waals surface area contributed by atoms with Crippen molar-refractivity contribution >= 4 is 12.6 Å². The van der Waals surface area contributed by atoms with E-state index >= 15 is 0 Å². The molecule has 1 N–H and O–H groups in total. The lowest BCUT2D eigenvalue weighted by Crippen LogP contribution is -2.02. The second-order valence-corrected chi connectivity index (χ2v) is 3.97. The van der Waals surface area contributed by atoms with E-state index in [4.69, 9.17) is 0 Å². The number of hydrogen-bond donors (Lipinski definition) is 2. The normalized spacial score (nSPS) is 12.8. The van der Waals surface area contributed by atoms with Gasteiger partial charge in [-0.3, -0.25) is 0 Å². The SMILES string of the molecule is Cc1cc(O)ccc1CC(C)CS. The van der Waals surface area contributed by atoms with Crippen LogP contribution in [0.5, 0.6) is 5.75 Å². The van der Waals surface area contributed by atoms with Crippen molar-refractivity contribution in [2.45, 2.75) is 20.3 Å². The number of benzene rings is 1. The van der Waals surface area contributed by atoms with E-state index in [0.29, 0.717) is 11.7 Å². The molecule has 0 aromatic heterocycles. The molecule has 0 heterocycles. The molecule has 1 aromatic carbocycles. The van der Waals surface area contributed by atoms with Crippen LogP contribution in [0.25, 0.3) is 0 Å². The molecule has 0 saturated heterocycles. The first kappa shape index (κ1) is 10.5. The van der Waals surface area contributed by atoms with Crippen molar-refractivity contribution < 1.29 is 5.11 Å². The molecule has 0 spiro atoms. The van der Waals surface area contributed by atoms with Crippen LogP contribution in [0.1, 0.15) is 18.1 Å². The lowest BCUT2D eigenvalue weighted by molar-refractivity contribution is 0.474. The Balaban J connectivity index is 2.77. The van der Waals surface area contributed by atoms with Crippen LogP contribution in [0.4, 0.5) is 0 Å². The number of aromatic hydroxyl groups is 1. The highest BCUT2D eigenvalue weighted by atomic mass is 32.1. The lowest BCUT2D eigenvalue weighted by Gasteiger charge is -2.10. The van der Waals surface area contributed by atoms with Gasteiger partial charge in [-0.05, 0) is 48.3 Å². The number of phenols is 1. The summed E-state index contributed by atoms with van der Waals surface area (Å²) in [4.78, 5) is 0. The molecule has 0 amide bonds. The van der Waals surface area contributed by atoms with E-state index in [-0.39, 0.29) is 0 Å². The third-order valence-corrected chi connectivity index (χ3v) is 2.83. The van der Waals surface area contributed by atoms with E-state index in [1.54, 1.807) is 12.1 Å². The molecule has 13 heavy (non-hydrogen) atoms. The predicted octanol–water partition coefficient (Wildman–Crippen LogP) is 2.81. The molecule has 0 aliphatic carbocycles. The largest absolute Gasteiger partial charge is 0.508 e. The highest BCUT2D eigenvalue weighted by Gasteiger charge is 2.04. The summed E-state index contributed by atoms with van der Waals surface area (Å²) in [6, 6.07) is 5.54. The first-order valence-electron chi connectivity index (χ1n) is 4.53. The maximum atomic E-state index is 9.21. The average molecular weight is 196 g/mol. The molecule has 1 atom stereocenters. The molecule has 0 radical (unpaired) electrons. The fourth-order valence-electron chi connectivity index (χ4n) is 1.35.